The van der Waals surface area contributed by atoms with Gasteiger partial charge >= 0.3 is 0 Å². The normalized spacial score (nSPS) is 13.1. The van der Waals surface area contributed by atoms with Crippen LogP contribution in [0.25, 0.3) is 15.9 Å². The summed E-state index contributed by atoms with van der Waals surface area (Å²) in [5, 5.41) is 4.27. The lowest BCUT2D eigenvalue weighted by Gasteiger charge is -2.13. The Hall–Kier alpha value is -2.12. The van der Waals surface area contributed by atoms with Gasteiger partial charge in [0.05, 0.1) is 11.1 Å². The largest absolute Gasteiger partial charge is 0.356 e. The van der Waals surface area contributed by atoms with E-state index in [1.165, 1.54) is 29.1 Å². The molecule has 2 aromatic heterocycles. The molecule has 0 fully saturated rings. The zero-order valence-electron chi connectivity index (χ0n) is 15.4. The van der Waals surface area contributed by atoms with Gasteiger partial charge in [-0.2, -0.15) is 0 Å². The molecule has 0 unspecified atom stereocenters. The van der Waals surface area contributed by atoms with Crippen molar-refractivity contribution in [1.82, 2.24) is 14.9 Å². The van der Waals surface area contributed by atoms with Crippen LogP contribution in [0, 0.1) is 6.92 Å². The van der Waals surface area contributed by atoms with Crippen molar-refractivity contribution in [3.05, 3.63) is 50.6 Å². The smallest absolute Gasteiger partial charge is 0.267 e. The van der Waals surface area contributed by atoms with Gasteiger partial charge in [0.2, 0.25) is 5.91 Å². The first-order valence-electron chi connectivity index (χ1n) is 9.06. The molecular formula is C20H21N3O2S2. The molecule has 0 saturated carbocycles. The van der Waals surface area contributed by atoms with Crippen LogP contribution in [-0.2, 0) is 17.6 Å². The standard InChI is InChI=1S/C20H21N3O2S2/c1-12-6-8-14(9-7-12)23-19(25)17-15-4-3-5-16(15)27-18(17)22-20(23)26-11-10-21-13(2)24/h6-9H,3-5,10-11H2,1-2H3,(H,21,24). The van der Waals surface area contributed by atoms with Crippen molar-refractivity contribution in [3.63, 3.8) is 0 Å². The van der Waals surface area contributed by atoms with Crippen LogP contribution >= 0.6 is 23.1 Å². The molecule has 27 heavy (non-hydrogen) atoms. The van der Waals surface area contributed by atoms with E-state index in [1.807, 2.05) is 31.2 Å². The van der Waals surface area contributed by atoms with Gasteiger partial charge in [-0.25, -0.2) is 4.98 Å². The van der Waals surface area contributed by atoms with Crippen molar-refractivity contribution in [2.75, 3.05) is 12.3 Å². The third-order valence-corrected chi connectivity index (χ3v) is 6.83. The van der Waals surface area contributed by atoms with Crippen molar-refractivity contribution in [2.45, 2.75) is 38.3 Å². The fourth-order valence-electron chi connectivity index (χ4n) is 3.41. The van der Waals surface area contributed by atoms with E-state index in [1.54, 1.807) is 15.9 Å². The van der Waals surface area contributed by atoms with Crippen molar-refractivity contribution >= 4 is 39.2 Å². The molecule has 1 aliphatic carbocycles. The number of carbonyl (C=O) groups excluding carboxylic acids is 1. The zero-order chi connectivity index (χ0) is 19.0. The number of thiophene rings is 1. The molecule has 3 aromatic rings. The molecule has 4 rings (SSSR count). The molecule has 0 atom stereocenters. The molecule has 0 radical (unpaired) electrons. The molecule has 1 amide bonds. The van der Waals surface area contributed by atoms with Gasteiger partial charge in [0.25, 0.3) is 5.56 Å². The van der Waals surface area contributed by atoms with Gasteiger partial charge in [0.1, 0.15) is 4.83 Å². The quantitative estimate of drug-likeness (QED) is 0.405. The summed E-state index contributed by atoms with van der Waals surface area (Å²) in [4.78, 5) is 31.5. The number of rotatable bonds is 5. The van der Waals surface area contributed by atoms with Crippen LogP contribution in [0.2, 0.25) is 0 Å². The van der Waals surface area contributed by atoms with Gasteiger partial charge in [0.15, 0.2) is 5.16 Å². The van der Waals surface area contributed by atoms with Crippen LogP contribution in [0.3, 0.4) is 0 Å². The van der Waals surface area contributed by atoms with Crippen LogP contribution in [-0.4, -0.2) is 27.8 Å². The monoisotopic (exact) mass is 399 g/mol. The van der Waals surface area contributed by atoms with Crippen molar-refractivity contribution in [3.8, 4) is 5.69 Å². The predicted octanol–water partition coefficient (Wildman–Crippen LogP) is 3.47. The number of fused-ring (bicyclic) bond motifs is 3. The molecule has 1 N–H and O–H groups in total. The third-order valence-electron chi connectivity index (χ3n) is 4.71. The number of nitrogens with zero attached hydrogens (tertiary/aromatic N) is 2. The molecule has 0 saturated heterocycles. The number of aryl methyl sites for hydroxylation is 3. The summed E-state index contributed by atoms with van der Waals surface area (Å²) in [6.07, 6.45) is 3.13. The maximum absolute atomic E-state index is 13.4. The lowest BCUT2D eigenvalue weighted by molar-refractivity contribution is -0.118. The minimum Gasteiger partial charge on any atom is -0.356 e. The molecule has 0 aliphatic heterocycles. The Morgan fingerprint density at radius 1 is 1.30 bits per heavy atom. The lowest BCUT2D eigenvalue weighted by Crippen LogP contribution is -2.24. The highest BCUT2D eigenvalue weighted by Gasteiger charge is 2.23. The maximum atomic E-state index is 13.4. The molecule has 7 heteroatoms. The number of thioether (sulfide) groups is 1. The number of carbonyl (C=O) groups is 1. The summed E-state index contributed by atoms with van der Waals surface area (Å²) in [6.45, 7) is 4.08. The zero-order valence-corrected chi connectivity index (χ0v) is 17.0. The fraction of sp³-hybridized carbons (Fsp3) is 0.350. The fourth-order valence-corrected chi connectivity index (χ4v) is 5.58. The summed E-state index contributed by atoms with van der Waals surface area (Å²) in [5.74, 6) is 0.610. The molecule has 2 heterocycles. The SMILES string of the molecule is CC(=O)NCCSc1nc2sc3c(c2c(=O)n1-c1ccc(C)cc1)CCC3. The highest BCUT2D eigenvalue weighted by Crippen LogP contribution is 2.36. The van der Waals surface area contributed by atoms with E-state index in [2.05, 4.69) is 5.32 Å². The van der Waals surface area contributed by atoms with Gasteiger partial charge in [-0.15, -0.1) is 11.3 Å². The highest BCUT2D eigenvalue weighted by molar-refractivity contribution is 7.99. The first-order valence-corrected chi connectivity index (χ1v) is 10.9. The minimum absolute atomic E-state index is 0.0188. The van der Waals surface area contributed by atoms with E-state index in [0.717, 1.165) is 40.7 Å². The van der Waals surface area contributed by atoms with E-state index in [9.17, 15) is 9.59 Å². The number of aromatic nitrogens is 2. The van der Waals surface area contributed by atoms with Gasteiger partial charge in [-0.3, -0.25) is 14.2 Å². The second-order valence-electron chi connectivity index (χ2n) is 6.74. The minimum atomic E-state index is -0.0513. The third kappa shape index (κ3) is 3.53. The lowest BCUT2D eigenvalue weighted by atomic mass is 10.2. The second kappa shape index (κ2) is 7.48. The Morgan fingerprint density at radius 3 is 2.81 bits per heavy atom. The van der Waals surface area contributed by atoms with Gasteiger partial charge in [-0.05, 0) is 43.9 Å². The summed E-state index contributed by atoms with van der Waals surface area (Å²) >= 11 is 3.16. The Labute approximate surface area is 165 Å². The van der Waals surface area contributed by atoms with Gasteiger partial charge < -0.3 is 5.32 Å². The Morgan fingerprint density at radius 2 is 2.07 bits per heavy atom. The van der Waals surface area contributed by atoms with Crippen molar-refractivity contribution < 1.29 is 4.79 Å². The maximum Gasteiger partial charge on any atom is 0.267 e. The van der Waals surface area contributed by atoms with Crippen LogP contribution in [0.4, 0.5) is 0 Å². The summed E-state index contributed by atoms with van der Waals surface area (Å²) in [7, 11) is 0. The van der Waals surface area contributed by atoms with E-state index < -0.39 is 0 Å². The second-order valence-corrected chi connectivity index (χ2v) is 8.89. The Bertz CT molecular complexity index is 1070. The molecule has 0 bridgehead atoms. The number of hydrogen-bond acceptors (Lipinski definition) is 5. The van der Waals surface area contributed by atoms with Gasteiger partial charge in [-0.1, -0.05) is 29.5 Å². The van der Waals surface area contributed by atoms with Crippen molar-refractivity contribution in [2.24, 2.45) is 0 Å². The number of amides is 1. The topological polar surface area (TPSA) is 64.0 Å². The highest BCUT2D eigenvalue weighted by atomic mass is 32.2. The summed E-state index contributed by atoms with van der Waals surface area (Å²) in [6, 6.07) is 7.95. The van der Waals surface area contributed by atoms with Crippen LogP contribution in [0.1, 0.15) is 29.3 Å². The number of benzene rings is 1. The van der Waals surface area contributed by atoms with E-state index >= 15 is 0 Å². The van der Waals surface area contributed by atoms with E-state index in [-0.39, 0.29) is 11.5 Å². The van der Waals surface area contributed by atoms with Crippen molar-refractivity contribution in [1.29, 1.82) is 0 Å². The Kier molecular flexibility index (Phi) is 5.06. The molecular weight excluding hydrogens is 378 g/mol. The van der Waals surface area contributed by atoms with Gasteiger partial charge in [0, 0.05) is 24.1 Å². The van der Waals surface area contributed by atoms with Crippen LogP contribution in [0.5, 0.6) is 0 Å². The number of nitrogens with one attached hydrogen (secondary N) is 1. The molecule has 1 aliphatic rings. The van der Waals surface area contributed by atoms with E-state index in [0.29, 0.717) is 17.5 Å². The van der Waals surface area contributed by atoms with Crippen LogP contribution < -0.4 is 10.9 Å². The average Bonchev–Trinajstić information content (AvgIpc) is 3.20. The molecule has 140 valence electrons. The summed E-state index contributed by atoms with van der Waals surface area (Å²) in [5.41, 5.74) is 3.20. The number of hydrogen-bond donors (Lipinski definition) is 1. The van der Waals surface area contributed by atoms with E-state index in [4.69, 9.17) is 4.98 Å². The predicted molar refractivity (Wildman–Crippen MR) is 111 cm³/mol. The Balaban J connectivity index is 1.81. The first-order chi connectivity index (χ1) is 13.0. The molecule has 0 spiro atoms. The average molecular weight is 400 g/mol. The molecule has 5 nitrogen and oxygen atoms in total. The molecule has 1 aromatic carbocycles. The summed E-state index contributed by atoms with van der Waals surface area (Å²) < 4.78 is 1.73. The van der Waals surface area contributed by atoms with Crippen LogP contribution in [0.15, 0.2) is 34.2 Å². The first kappa shape index (κ1) is 18.3.